The molecule has 0 aliphatic carbocycles. The Morgan fingerprint density at radius 1 is 1.08 bits per heavy atom. The standard InChI is InChI=1S/C16H11Cl3N2O2S2/c17-12-3-5-13(6-4-12)21(10-11-2-1-7-20-9-11)25(22,23)14-8-15(18)24-16(14)19/h1-9H,10H2. The van der Waals surface area contributed by atoms with Crippen LogP contribution in [0.2, 0.25) is 13.7 Å². The van der Waals surface area contributed by atoms with E-state index in [-0.39, 0.29) is 15.8 Å². The van der Waals surface area contributed by atoms with Gasteiger partial charge < -0.3 is 0 Å². The lowest BCUT2D eigenvalue weighted by atomic mass is 10.2. The third-order valence-electron chi connectivity index (χ3n) is 3.36. The summed E-state index contributed by atoms with van der Waals surface area (Å²) in [6.07, 6.45) is 3.24. The highest BCUT2D eigenvalue weighted by Gasteiger charge is 2.29. The fourth-order valence-electron chi connectivity index (χ4n) is 2.20. The summed E-state index contributed by atoms with van der Waals surface area (Å²) >= 11 is 18.9. The monoisotopic (exact) mass is 432 g/mol. The molecule has 2 aromatic heterocycles. The SMILES string of the molecule is O=S(=O)(c1cc(Cl)sc1Cl)N(Cc1cccnc1)c1ccc(Cl)cc1. The Morgan fingerprint density at radius 3 is 2.36 bits per heavy atom. The number of anilines is 1. The fourth-order valence-corrected chi connectivity index (χ4v) is 5.89. The molecule has 0 radical (unpaired) electrons. The van der Waals surface area contributed by atoms with Gasteiger partial charge in [0.2, 0.25) is 0 Å². The van der Waals surface area contributed by atoms with Crippen LogP contribution in [0.15, 0.2) is 59.8 Å². The molecule has 0 amide bonds. The average Bonchev–Trinajstić information content (AvgIpc) is 2.94. The van der Waals surface area contributed by atoms with Crippen LogP contribution in [0.1, 0.15) is 5.56 Å². The van der Waals surface area contributed by atoms with Gasteiger partial charge in [0.05, 0.1) is 16.6 Å². The van der Waals surface area contributed by atoms with E-state index in [1.807, 2.05) is 0 Å². The Kier molecular flexibility index (Phi) is 5.55. The van der Waals surface area contributed by atoms with Crippen molar-refractivity contribution in [1.29, 1.82) is 0 Å². The number of nitrogens with zero attached hydrogens (tertiary/aromatic N) is 2. The summed E-state index contributed by atoms with van der Waals surface area (Å²) in [5.41, 5.74) is 1.20. The maximum absolute atomic E-state index is 13.2. The molecule has 3 rings (SSSR count). The van der Waals surface area contributed by atoms with E-state index < -0.39 is 10.0 Å². The molecular weight excluding hydrogens is 423 g/mol. The molecule has 0 atom stereocenters. The molecule has 0 unspecified atom stereocenters. The maximum atomic E-state index is 13.2. The Labute approximate surface area is 164 Å². The highest BCUT2D eigenvalue weighted by Crippen LogP contribution is 2.37. The summed E-state index contributed by atoms with van der Waals surface area (Å²) < 4.78 is 28.1. The lowest BCUT2D eigenvalue weighted by Gasteiger charge is -2.24. The molecule has 0 aliphatic rings. The van der Waals surface area contributed by atoms with E-state index in [4.69, 9.17) is 34.8 Å². The Hall–Kier alpha value is -1.31. The third kappa shape index (κ3) is 4.10. The number of halogens is 3. The zero-order valence-corrected chi connectivity index (χ0v) is 16.5. The minimum Gasteiger partial charge on any atom is -0.264 e. The van der Waals surface area contributed by atoms with Crippen molar-refractivity contribution in [1.82, 2.24) is 4.98 Å². The van der Waals surface area contributed by atoms with Crippen molar-refractivity contribution in [3.8, 4) is 0 Å². The first-order valence-corrected chi connectivity index (χ1v) is 10.4. The number of aromatic nitrogens is 1. The molecule has 0 N–H and O–H groups in total. The van der Waals surface area contributed by atoms with Crippen LogP contribution in [-0.2, 0) is 16.6 Å². The molecule has 0 bridgehead atoms. The second kappa shape index (κ2) is 7.51. The highest BCUT2D eigenvalue weighted by atomic mass is 35.5. The van der Waals surface area contributed by atoms with Gasteiger partial charge in [0, 0.05) is 17.4 Å². The predicted octanol–water partition coefficient (Wildman–Crippen LogP) is 5.50. The van der Waals surface area contributed by atoms with Gasteiger partial charge in [0.25, 0.3) is 10.0 Å². The maximum Gasteiger partial charge on any atom is 0.267 e. The first-order chi connectivity index (χ1) is 11.9. The van der Waals surface area contributed by atoms with E-state index in [2.05, 4.69) is 4.98 Å². The van der Waals surface area contributed by atoms with Crippen molar-refractivity contribution in [3.05, 3.63) is 74.1 Å². The molecule has 25 heavy (non-hydrogen) atoms. The molecule has 0 fully saturated rings. The first-order valence-electron chi connectivity index (χ1n) is 7.00. The minimum atomic E-state index is -3.92. The Morgan fingerprint density at radius 2 is 1.80 bits per heavy atom. The van der Waals surface area contributed by atoms with E-state index in [0.717, 1.165) is 16.9 Å². The second-order valence-corrected chi connectivity index (χ2v) is 9.59. The van der Waals surface area contributed by atoms with Gasteiger partial charge in [-0.05, 0) is 42.0 Å². The number of rotatable bonds is 5. The van der Waals surface area contributed by atoms with Crippen LogP contribution < -0.4 is 4.31 Å². The predicted molar refractivity (Wildman–Crippen MR) is 103 cm³/mol. The zero-order chi connectivity index (χ0) is 18.0. The number of hydrogen-bond donors (Lipinski definition) is 0. The number of sulfonamides is 1. The van der Waals surface area contributed by atoms with Gasteiger partial charge in [0.15, 0.2) is 0 Å². The van der Waals surface area contributed by atoms with Gasteiger partial charge >= 0.3 is 0 Å². The Bertz CT molecular complexity index is 974. The van der Waals surface area contributed by atoms with Gasteiger partial charge in [-0.1, -0.05) is 40.9 Å². The quantitative estimate of drug-likeness (QED) is 0.534. The summed E-state index contributed by atoms with van der Waals surface area (Å²) in [6, 6.07) is 11.4. The summed E-state index contributed by atoms with van der Waals surface area (Å²) in [6.45, 7) is 0.0988. The molecule has 0 saturated carbocycles. The van der Waals surface area contributed by atoms with Crippen LogP contribution >= 0.6 is 46.1 Å². The topological polar surface area (TPSA) is 50.3 Å². The first kappa shape index (κ1) is 18.5. The van der Waals surface area contributed by atoms with Crippen molar-refractivity contribution in [2.24, 2.45) is 0 Å². The molecular formula is C16H11Cl3N2O2S2. The van der Waals surface area contributed by atoms with Crippen LogP contribution in [-0.4, -0.2) is 13.4 Å². The van der Waals surface area contributed by atoms with Crippen LogP contribution in [0.3, 0.4) is 0 Å². The molecule has 9 heteroatoms. The molecule has 130 valence electrons. The summed E-state index contributed by atoms with van der Waals surface area (Å²) in [7, 11) is -3.92. The number of hydrogen-bond acceptors (Lipinski definition) is 4. The van der Waals surface area contributed by atoms with Crippen molar-refractivity contribution >= 4 is 61.9 Å². The second-order valence-electron chi connectivity index (χ2n) is 5.04. The van der Waals surface area contributed by atoms with Crippen LogP contribution in [0.5, 0.6) is 0 Å². The van der Waals surface area contributed by atoms with Crippen molar-refractivity contribution < 1.29 is 8.42 Å². The number of thiophene rings is 1. The molecule has 4 nitrogen and oxygen atoms in total. The lowest BCUT2D eigenvalue weighted by Crippen LogP contribution is -2.30. The van der Waals surface area contributed by atoms with Crippen molar-refractivity contribution in [3.63, 3.8) is 0 Å². The summed E-state index contributed by atoms with van der Waals surface area (Å²) in [5.74, 6) is 0. The molecule has 3 aromatic rings. The van der Waals surface area contributed by atoms with Gasteiger partial charge in [-0.25, -0.2) is 8.42 Å². The fraction of sp³-hybridized carbons (Fsp3) is 0.0625. The molecule has 1 aromatic carbocycles. The molecule has 0 saturated heterocycles. The van der Waals surface area contributed by atoms with E-state index in [1.54, 1.807) is 48.8 Å². The number of benzene rings is 1. The van der Waals surface area contributed by atoms with Gasteiger partial charge in [-0.15, -0.1) is 11.3 Å². The number of pyridine rings is 1. The van der Waals surface area contributed by atoms with E-state index in [1.165, 1.54) is 10.4 Å². The zero-order valence-electron chi connectivity index (χ0n) is 12.6. The van der Waals surface area contributed by atoms with E-state index in [0.29, 0.717) is 15.0 Å². The smallest absolute Gasteiger partial charge is 0.264 e. The lowest BCUT2D eigenvalue weighted by molar-refractivity contribution is 0.591. The highest BCUT2D eigenvalue weighted by molar-refractivity contribution is 7.93. The van der Waals surface area contributed by atoms with Crippen molar-refractivity contribution in [2.45, 2.75) is 11.4 Å². The van der Waals surface area contributed by atoms with Gasteiger partial charge in [-0.2, -0.15) is 0 Å². The Balaban J connectivity index is 2.10. The molecule has 2 heterocycles. The van der Waals surface area contributed by atoms with Gasteiger partial charge in [0.1, 0.15) is 9.23 Å². The van der Waals surface area contributed by atoms with E-state index >= 15 is 0 Å². The van der Waals surface area contributed by atoms with Crippen molar-refractivity contribution in [2.75, 3.05) is 4.31 Å². The summed E-state index contributed by atoms with van der Waals surface area (Å²) in [4.78, 5) is 4.01. The van der Waals surface area contributed by atoms with Crippen LogP contribution in [0.4, 0.5) is 5.69 Å². The average molecular weight is 434 g/mol. The van der Waals surface area contributed by atoms with Crippen LogP contribution in [0, 0.1) is 0 Å². The van der Waals surface area contributed by atoms with Gasteiger partial charge in [-0.3, -0.25) is 9.29 Å². The molecule has 0 aliphatic heterocycles. The normalized spacial score (nSPS) is 11.5. The minimum absolute atomic E-state index is 0.0250. The summed E-state index contributed by atoms with van der Waals surface area (Å²) in [5, 5.41) is 0.513. The molecule has 0 spiro atoms. The van der Waals surface area contributed by atoms with Crippen LogP contribution in [0.25, 0.3) is 0 Å². The van der Waals surface area contributed by atoms with E-state index in [9.17, 15) is 8.42 Å². The third-order valence-corrected chi connectivity index (χ3v) is 7.14. The largest absolute Gasteiger partial charge is 0.267 e.